The number of ether oxygens (including phenoxy) is 1. The third-order valence-electron chi connectivity index (χ3n) is 4.84. The molecule has 0 amide bonds. The van der Waals surface area contributed by atoms with Gasteiger partial charge in [0, 0.05) is 5.02 Å². The van der Waals surface area contributed by atoms with Crippen LogP contribution in [0.2, 0.25) is 10.0 Å². The Kier molecular flexibility index (Phi) is 6.56. The maximum absolute atomic E-state index is 12.8. The highest BCUT2D eigenvalue weighted by atomic mass is 35.5. The second kappa shape index (κ2) is 9.41. The van der Waals surface area contributed by atoms with Crippen LogP contribution >= 0.6 is 23.2 Å². The standard InChI is InChI=1S/C22H16Cl2N4O5S/c1-13-6-7-14(10-19(13)24)26-34(31,32)15-8-9-18(23)17(11-15)22(30)33-12-28-21(29)16-4-2-3-5-20(16)25-27-28/h2-11,26H,12H2,1H3. The average molecular weight is 519 g/mol. The van der Waals surface area contributed by atoms with Crippen molar-refractivity contribution in [2.75, 3.05) is 4.72 Å². The molecule has 4 rings (SSSR count). The van der Waals surface area contributed by atoms with Crippen LogP contribution in [0, 0.1) is 6.92 Å². The number of carbonyl (C=O) groups excluding carboxylic acids is 1. The van der Waals surface area contributed by atoms with E-state index >= 15 is 0 Å². The zero-order chi connectivity index (χ0) is 24.5. The minimum absolute atomic E-state index is 0.0285. The molecule has 1 heterocycles. The Balaban J connectivity index is 1.55. The Bertz CT molecular complexity index is 1590. The quantitative estimate of drug-likeness (QED) is 0.382. The summed E-state index contributed by atoms with van der Waals surface area (Å²) >= 11 is 12.2. The first-order chi connectivity index (χ1) is 16.2. The Morgan fingerprint density at radius 1 is 1.06 bits per heavy atom. The van der Waals surface area contributed by atoms with Crippen molar-refractivity contribution in [3.05, 3.63) is 92.2 Å². The molecule has 0 aliphatic heterocycles. The van der Waals surface area contributed by atoms with Gasteiger partial charge in [0.15, 0.2) is 6.73 Å². The molecule has 174 valence electrons. The van der Waals surface area contributed by atoms with Gasteiger partial charge >= 0.3 is 5.97 Å². The fourth-order valence-electron chi connectivity index (χ4n) is 3.00. The lowest BCUT2D eigenvalue weighted by Crippen LogP contribution is -2.26. The molecule has 0 radical (unpaired) electrons. The second-order valence-electron chi connectivity index (χ2n) is 7.18. The van der Waals surface area contributed by atoms with Crippen LogP contribution in [-0.2, 0) is 21.5 Å². The molecule has 34 heavy (non-hydrogen) atoms. The van der Waals surface area contributed by atoms with E-state index in [0.29, 0.717) is 15.9 Å². The molecule has 1 aromatic heterocycles. The van der Waals surface area contributed by atoms with Gasteiger partial charge in [-0.05, 0) is 55.0 Å². The highest BCUT2D eigenvalue weighted by Crippen LogP contribution is 2.25. The van der Waals surface area contributed by atoms with E-state index < -0.39 is 28.3 Å². The lowest BCUT2D eigenvalue weighted by atomic mass is 10.2. The largest absolute Gasteiger partial charge is 0.438 e. The fraction of sp³-hybridized carbons (Fsp3) is 0.0909. The molecule has 0 fully saturated rings. The molecule has 1 N–H and O–H groups in total. The summed E-state index contributed by atoms with van der Waals surface area (Å²) in [5.41, 5.74) is 0.744. The number of aryl methyl sites for hydroxylation is 1. The van der Waals surface area contributed by atoms with Gasteiger partial charge in [0.1, 0.15) is 5.52 Å². The Morgan fingerprint density at radius 2 is 1.82 bits per heavy atom. The number of hydrogen-bond acceptors (Lipinski definition) is 7. The molecule has 0 aliphatic carbocycles. The number of esters is 1. The number of sulfonamides is 1. The van der Waals surface area contributed by atoms with Gasteiger partial charge in [0.05, 0.1) is 26.6 Å². The number of nitrogens with one attached hydrogen (secondary N) is 1. The van der Waals surface area contributed by atoms with Gasteiger partial charge < -0.3 is 4.74 Å². The van der Waals surface area contributed by atoms with Crippen LogP contribution in [0.5, 0.6) is 0 Å². The van der Waals surface area contributed by atoms with Crippen LogP contribution in [-0.4, -0.2) is 29.4 Å². The smallest absolute Gasteiger partial charge is 0.341 e. The van der Waals surface area contributed by atoms with Crippen LogP contribution in [0.1, 0.15) is 15.9 Å². The van der Waals surface area contributed by atoms with Gasteiger partial charge in [-0.3, -0.25) is 9.52 Å². The van der Waals surface area contributed by atoms with Crippen molar-refractivity contribution in [1.29, 1.82) is 0 Å². The summed E-state index contributed by atoms with van der Waals surface area (Å²) in [5, 5.41) is 8.32. The summed E-state index contributed by atoms with van der Waals surface area (Å²) in [6, 6.07) is 14.9. The number of nitrogens with zero attached hydrogens (tertiary/aromatic N) is 3. The molecule has 0 saturated carbocycles. The van der Waals surface area contributed by atoms with Crippen LogP contribution in [0.4, 0.5) is 5.69 Å². The zero-order valence-corrected chi connectivity index (χ0v) is 19.9. The van der Waals surface area contributed by atoms with Gasteiger partial charge in [-0.1, -0.05) is 46.6 Å². The number of benzene rings is 3. The van der Waals surface area contributed by atoms with Crippen LogP contribution < -0.4 is 10.3 Å². The van der Waals surface area contributed by atoms with Crippen molar-refractivity contribution in [3.63, 3.8) is 0 Å². The number of aromatic nitrogens is 3. The lowest BCUT2D eigenvalue weighted by molar-refractivity contribution is 0.0336. The number of hydrogen-bond donors (Lipinski definition) is 1. The van der Waals surface area contributed by atoms with Crippen molar-refractivity contribution in [2.24, 2.45) is 0 Å². The summed E-state index contributed by atoms with van der Waals surface area (Å²) in [6.07, 6.45) is 0. The Hall–Kier alpha value is -3.47. The summed E-state index contributed by atoms with van der Waals surface area (Å²) in [5.74, 6) is -0.942. The number of fused-ring (bicyclic) bond motifs is 1. The third-order valence-corrected chi connectivity index (χ3v) is 6.96. The second-order valence-corrected chi connectivity index (χ2v) is 9.68. The van der Waals surface area contributed by atoms with Crippen molar-refractivity contribution in [2.45, 2.75) is 18.6 Å². The van der Waals surface area contributed by atoms with E-state index in [4.69, 9.17) is 27.9 Å². The molecule has 0 spiro atoms. The first-order valence-corrected chi connectivity index (χ1v) is 12.0. The molecular weight excluding hydrogens is 503 g/mol. The molecule has 4 aromatic rings. The van der Waals surface area contributed by atoms with E-state index in [2.05, 4.69) is 15.0 Å². The lowest BCUT2D eigenvalue weighted by Gasteiger charge is -2.12. The van der Waals surface area contributed by atoms with Gasteiger partial charge in [-0.15, -0.1) is 5.10 Å². The van der Waals surface area contributed by atoms with E-state index in [9.17, 15) is 18.0 Å². The van der Waals surface area contributed by atoms with Crippen molar-refractivity contribution >= 4 is 55.8 Å². The number of anilines is 1. The van der Waals surface area contributed by atoms with Crippen LogP contribution in [0.15, 0.2) is 70.4 Å². The Labute approximate surface area is 203 Å². The number of halogens is 2. The van der Waals surface area contributed by atoms with Crippen molar-refractivity contribution in [3.8, 4) is 0 Å². The SMILES string of the molecule is Cc1ccc(NS(=O)(=O)c2ccc(Cl)c(C(=O)OCn3nnc4ccccc4c3=O)c2)cc1Cl. The van der Waals surface area contributed by atoms with Gasteiger partial charge in [0.2, 0.25) is 0 Å². The maximum Gasteiger partial charge on any atom is 0.341 e. The summed E-state index contributed by atoms with van der Waals surface area (Å²) < 4.78 is 34.1. The van der Waals surface area contributed by atoms with E-state index in [1.54, 1.807) is 43.3 Å². The molecule has 0 unspecified atom stereocenters. The van der Waals surface area contributed by atoms with E-state index in [1.165, 1.54) is 18.2 Å². The number of carbonyl (C=O) groups is 1. The topological polar surface area (TPSA) is 120 Å². The van der Waals surface area contributed by atoms with E-state index in [1.807, 2.05) is 0 Å². The van der Waals surface area contributed by atoms with Crippen molar-refractivity contribution in [1.82, 2.24) is 15.0 Å². The molecule has 9 nitrogen and oxygen atoms in total. The maximum atomic E-state index is 12.8. The minimum Gasteiger partial charge on any atom is -0.438 e. The molecule has 0 aliphatic rings. The first-order valence-electron chi connectivity index (χ1n) is 9.74. The highest BCUT2D eigenvalue weighted by Gasteiger charge is 2.20. The van der Waals surface area contributed by atoms with Gasteiger partial charge in [-0.2, -0.15) is 4.68 Å². The van der Waals surface area contributed by atoms with Crippen LogP contribution in [0.25, 0.3) is 10.9 Å². The molecule has 3 aromatic carbocycles. The normalized spacial score (nSPS) is 11.4. The molecule has 12 heteroatoms. The highest BCUT2D eigenvalue weighted by molar-refractivity contribution is 7.92. The summed E-state index contributed by atoms with van der Waals surface area (Å²) in [4.78, 5) is 24.9. The van der Waals surface area contributed by atoms with E-state index in [0.717, 1.165) is 16.3 Å². The summed E-state index contributed by atoms with van der Waals surface area (Å²) in [6.45, 7) is 1.25. The average Bonchev–Trinajstić information content (AvgIpc) is 2.81. The van der Waals surface area contributed by atoms with E-state index in [-0.39, 0.29) is 21.2 Å². The monoisotopic (exact) mass is 518 g/mol. The molecule has 0 saturated heterocycles. The third kappa shape index (κ3) is 4.89. The van der Waals surface area contributed by atoms with Crippen molar-refractivity contribution < 1.29 is 17.9 Å². The molecule has 0 atom stereocenters. The van der Waals surface area contributed by atoms with Gasteiger partial charge in [0.25, 0.3) is 15.6 Å². The fourth-order valence-corrected chi connectivity index (χ4v) is 4.45. The van der Waals surface area contributed by atoms with Crippen LogP contribution in [0.3, 0.4) is 0 Å². The predicted octanol–water partition coefficient (Wildman–Crippen LogP) is 4.02. The molecule has 0 bridgehead atoms. The minimum atomic E-state index is -4.07. The zero-order valence-electron chi connectivity index (χ0n) is 17.5. The van der Waals surface area contributed by atoms with Gasteiger partial charge in [-0.25, -0.2) is 13.2 Å². The summed E-state index contributed by atoms with van der Waals surface area (Å²) in [7, 11) is -4.07. The molecular formula is C22H16Cl2N4O5S. The first kappa shape index (κ1) is 23.7. The Morgan fingerprint density at radius 3 is 2.59 bits per heavy atom. The number of rotatable bonds is 6. The predicted molar refractivity (Wildman–Crippen MR) is 128 cm³/mol.